The quantitative estimate of drug-likeness (QED) is 0.769. The zero-order chi connectivity index (χ0) is 8.97. The number of aromatic nitrogens is 2. The molecule has 0 fully saturated rings. The van der Waals surface area contributed by atoms with Crippen molar-refractivity contribution in [3.8, 4) is 0 Å². The summed E-state index contributed by atoms with van der Waals surface area (Å²) in [6.45, 7) is 0.970. The molecular weight excluding hydrogens is 224 g/mol. The number of hydrogen-bond donors (Lipinski definition) is 0. The van der Waals surface area contributed by atoms with Crippen LogP contribution in [0, 0.1) is 0 Å². The van der Waals surface area contributed by atoms with Crippen molar-refractivity contribution < 1.29 is 4.74 Å². The van der Waals surface area contributed by atoms with E-state index < -0.39 is 0 Å². The molecule has 1 aromatic rings. The topological polar surface area (TPSA) is 44.1 Å². The van der Waals surface area contributed by atoms with Gasteiger partial charge in [0, 0.05) is 13.2 Å². The van der Waals surface area contributed by atoms with E-state index in [0.29, 0.717) is 17.8 Å². The van der Waals surface area contributed by atoms with E-state index in [1.54, 1.807) is 13.2 Å². The zero-order valence-electron chi connectivity index (χ0n) is 6.66. The standard InChI is InChI=1S/C7H9BrN2O2/c1-12-5-4-10-7(11)3-2-6(8)9-10/h2-3H,4-5H2,1H3. The van der Waals surface area contributed by atoms with Crippen molar-refractivity contribution >= 4 is 15.9 Å². The summed E-state index contributed by atoms with van der Waals surface area (Å²) < 4.78 is 6.83. The molecule has 66 valence electrons. The molecule has 12 heavy (non-hydrogen) atoms. The van der Waals surface area contributed by atoms with Gasteiger partial charge in [-0.2, -0.15) is 5.10 Å². The average molecular weight is 233 g/mol. The average Bonchev–Trinajstić information content (AvgIpc) is 2.07. The molecule has 0 atom stereocenters. The van der Waals surface area contributed by atoms with Gasteiger partial charge in [-0.05, 0) is 22.0 Å². The van der Waals surface area contributed by atoms with Gasteiger partial charge in [0.25, 0.3) is 5.56 Å². The summed E-state index contributed by atoms with van der Waals surface area (Å²) >= 11 is 3.18. The van der Waals surface area contributed by atoms with Crippen molar-refractivity contribution in [2.24, 2.45) is 0 Å². The summed E-state index contributed by atoms with van der Waals surface area (Å²) in [5, 5.41) is 3.95. The van der Waals surface area contributed by atoms with Crippen LogP contribution in [0.25, 0.3) is 0 Å². The second-order valence-electron chi connectivity index (χ2n) is 2.21. The molecule has 0 saturated heterocycles. The van der Waals surface area contributed by atoms with Crippen molar-refractivity contribution in [1.29, 1.82) is 0 Å². The Morgan fingerprint density at radius 1 is 1.67 bits per heavy atom. The molecule has 0 aromatic carbocycles. The van der Waals surface area contributed by atoms with E-state index in [4.69, 9.17) is 4.74 Å². The molecule has 5 heteroatoms. The third kappa shape index (κ3) is 2.42. The third-order valence-electron chi connectivity index (χ3n) is 1.34. The predicted octanol–water partition coefficient (Wildman–Crippen LogP) is 0.652. The highest BCUT2D eigenvalue weighted by Crippen LogP contribution is 1.99. The highest BCUT2D eigenvalue weighted by molar-refractivity contribution is 9.10. The van der Waals surface area contributed by atoms with Gasteiger partial charge in [0.2, 0.25) is 0 Å². The molecule has 0 aliphatic rings. The first kappa shape index (κ1) is 9.41. The van der Waals surface area contributed by atoms with Crippen LogP contribution in [0.3, 0.4) is 0 Å². The number of nitrogens with zero attached hydrogens (tertiary/aromatic N) is 2. The number of halogens is 1. The van der Waals surface area contributed by atoms with Crippen LogP contribution in [0.15, 0.2) is 21.5 Å². The maximum Gasteiger partial charge on any atom is 0.266 e. The molecule has 1 aromatic heterocycles. The number of hydrogen-bond acceptors (Lipinski definition) is 3. The normalized spacial score (nSPS) is 10.2. The van der Waals surface area contributed by atoms with Gasteiger partial charge in [-0.15, -0.1) is 0 Å². The lowest BCUT2D eigenvalue weighted by atomic mass is 10.5. The first-order chi connectivity index (χ1) is 5.74. The van der Waals surface area contributed by atoms with Gasteiger partial charge in [0.1, 0.15) is 4.60 Å². The van der Waals surface area contributed by atoms with E-state index in [9.17, 15) is 4.79 Å². The van der Waals surface area contributed by atoms with Crippen LogP contribution in [0.2, 0.25) is 0 Å². The summed E-state index contributed by atoms with van der Waals surface area (Å²) in [5.74, 6) is 0. The van der Waals surface area contributed by atoms with Crippen LogP contribution in [0.4, 0.5) is 0 Å². The molecular formula is C7H9BrN2O2. The molecule has 0 N–H and O–H groups in total. The lowest BCUT2D eigenvalue weighted by Gasteiger charge is -2.02. The van der Waals surface area contributed by atoms with Crippen molar-refractivity contribution in [1.82, 2.24) is 9.78 Å². The second kappa shape index (κ2) is 4.37. The van der Waals surface area contributed by atoms with Crippen LogP contribution in [-0.4, -0.2) is 23.5 Å². The van der Waals surface area contributed by atoms with Gasteiger partial charge in [0.05, 0.1) is 13.2 Å². The van der Waals surface area contributed by atoms with Crippen LogP contribution < -0.4 is 5.56 Å². The Kier molecular flexibility index (Phi) is 3.43. The molecule has 4 nitrogen and oxygen atoms in total. The lowest BCUT2D eigenvalue weighted by molar-refractivity contribution is 0.181. The van der Waals surface area contributed by atoms with E-state index >= 15 is 0 Å². The fourth-order valence-corrected chi connectivity index (χ4v) is 1.09. The van der Waals surface area contributed by atoms with Crippen LogP contribution in [0.5, 0.6) is 0 Å². The molecule has 1 rings (SSSR count). The summed E-state index contributed by atoms with van der Waals surface area (Å²) in [6.07, 6.45) is 0. The van der Waals surface area contributed by atoms with Gasteiger partial charge >= 0.3 is 0 Å². The summed E-state index contributed by atoms with van der Waals surface area (Å²) in [4.78, 5) is 11.1. The lowest BCUT2D eigenvalue weighted by Crippen LogP contribution is -2.23. The fraction of sp³-hybridized carbons (Fsp3) is 0.429. The Balaban J connectivity index is 2.83. The predicted molar refractivity (Wildman–Crippen MR) is 48.1 cm³/mol. The smallest absolute Gasteiger partial charge is 0.266 e. The molecule has 0 bridgehead atoms. The Hall–Kier alpha value is -0.680. The SMILES string of the molecule is COCCn1nc(Br)ccc1=O. The summed E-state index contributed by atoms with van der Waals surface area (Å²) in [5.41, 5.74) is -0.116. The number of rotatable bonds is 3. The maximum atomic E-state index is 11.1. The van der Waals surface area contributed by atoms with E-state index in [0.717, 1.165) is 0 Å². The van der Waals surface area contributed by atoms with Gasteiger partial charge in [-0.1, -0.05) is 0 Å². The minimum absolute atomic E-state index is 0.116. The van der Waals surface area contributed by atoms with Crippen molar-refractivity contribution in [2.75, 3.05) is 13.7 Å². The van der Waals surface area contributed by atoms with E-state index in [1.165, 1.54) is 10.7 Å². The van der Waals surface area contributed by atoms with Crippen LogP contribution in [-0.2, 0) is 11.3 Å². The summed E-state index contributed by atoms with van der Waals surface area (Å²) in [6, 6.07) is 3.08. The van der Waals surface area contributed by atoms with Crippen molar-refractivity contribution in [3.05, 3.63) is 27.1 Å². The Morgan fingerprint density at radius 2 is 2.42 bits per heavy atom. The zero-order valence-corrected chi connectivity index (χ0v) is 8.24. The summed E-state index contributed by atoms with van der Waals surface area (Å²) in [7, 11) is 1.59. The van der Waals surface area contributed by atoms with Gasteiger partial charge < -0.3 is 4.74 Å². The Morgan fingerprint density at radius 3 is 3.08 bits per heavy atom. The van der Waals surface area contributed by atoms with E-state index in [1.807, 2.05) is 0 Å². The molecule has 0 spiro atoms. The largest absolute Gasteiger partial charge is 0.383 e. The maximum absolute atomic E-state index is 11.1. The van der Waals surface area contributed by atoms with Gasteiger partial charge in [-0.3, -0.25) is 4.79 Å². The molecule has 0 radical (unpaired) electrons. The van der Waals surface area contributed by atoms with Crippen LogP contribution >= 0.6 is 15.9 Å². The molecule has 0 aliphatic heterocycles. The number of ether oxygens (including phenoxy) is 1. The first-order valence-corrected chi connectivity index (χ1v) is 4.26. The van der Waals surface area contributed by atoms with Gasteiger partial charge in [0.15, 0.2) is 0 Å². The molecule has 0 amide bonds. The van der Waals surface area contributed by atoms with E-state index in [2.05, 4.69) is 21.0 Å². The van der Waals surface area contributed by atoms with Gasteiger partial charge in [-0.25, -0.2) is 4.68 Å². The minimum Gasteiger partial charge on any atom is -0.383 e. The molecule has 1 heterocycles. The first-order valence-electron chi connectivity index (χ1n) is 3.46. The Labute approximate surface area is 78.3 Å². The van der Waals surface area contributed by atoms with Crippen LogP contribution in [0.1, 0.15) is 0 Å². The molecule has 0 saturated carbocycles. The Bertz CT molecular complexity index is 311. The third-order valence-corrected chi connectivity index (χ3v) is 1.76. The minimum atomic E-state index is -0.116. The number of methoxy groups -OCH3 is 1. The van der Waals surface area contributed by atoms with Crippen molar-refractivity contribution in [2.45, 2.75) is 6.54 Å². The second-order valence-corrected chi connectivity index (χ2v) is 3.02. The molecule has 0 unspecified atom stereocenters. The molecule has 0 aliphatic carbocycles. The van der Waals surface area contributed by atoms with Crippen molar-refractivity contribution in [3.63, 3.8) is 0 Å². The fourth-order valence-electron chi connectivity index (χ4n) is 0.762. The highest BCUT2D eigenvalue weighted by Gasteiger charge is 1.96. The highest BCUT2D eigenvalue weighted by atomic mass is 79.9. The monoisotopic (exact) mass is 232 g/mol. The van der Waals surface area contributed by atoms with E-state index in [-0.39, 0.29) is 5.56 Å².